The Bertz CT molecular complexity index is 738. The van der Waals surface area contributed by atoms with Crippen LogP contribution in [0.5, 0.6) is 11.5 Å². The highest BCUT2D eigenvalue weighted by Gasteiger charge is 2.23. The maximum atomic E-state index is 6.33. The predicted octanol–water partition coefficient (Wildman–Crippen LogP) is 4.09. The van der Waals surface area contributed by atoms with E-state index in [4.69, 9.17) is 15.2 Å². The van der Waals surface area contributed by atoms with Crippen molar-refractivity contribution in [3.8, 4) is 22.6 Å². The van der Waals surface area contributed by atoms with Crippen LogP contribution in [0.25, 0.3) is 11.1 Å². The van der Waals surface area contributed by atoms with Crippen molar-refractivity contribution in [2.75, 3.05) is 6.61 Å². The van der Waals surface area contributed by atoms with Crippen LogP contribution in [0.1, 0.15) is 38.4 Å². The molecule has 4 heteroatoms. The summed E-state index contributed by atoms with van der Waals surface area (Å²) in [5.41, 5.74) is 10.3. The smallest absolute Gasteiger partial charge is 0.148 e. The average molecular weight is 326 g/mol. The average Bonchev–Trinajstić information content (AvgIpc) is 2.51. The molecule has 0 saturated carbocycles. The quantitative estimate of drug-likeness (QED) is 0.899. The zero-order valence-corrected chi connectivity index (χ0v) is 14.9. The lowest BCUT2D eigenvalue weighted by atomic mass is 9.93. The molecule has 4 nitrogen and oxygen atoms in total. The Kier molecular flexibility index (Phi) is 4.50. The fraction of sp³-hybridized carbons (Fsp3) is 0.450. The Balaban J connectivity index is 1.79. The van der Waals surface area contributed by atoms with E-state index in [-0.39, 0.29) is 5.54 Å². The fourth-order valence-corrected chi connectivity index (χ4v) is 3.38. The number of benzene rings is 1. The van der Waals surface area contributed by atoms with Crippen molar-refractivity contribution in [2.45, 2.75) is 46.3 Å². The highest BCUT2D eigenvalue weighted by molar-refractivity contribution is 5.76. The molecule has 0 amide bonds. The highest BCUT2D eigenvalue weighted by atomic mass is 16.5. The van der Waals surface area contributed by atoms with Gasteiger partial charge in [-0.1, -0.05) is 19.9 Å². The minimum absolute atomic E-state index is 0.323. The van der Waals surface area contributed by atoms with Crippen molar-refractivity contribution in [1.82, 2.24) is 4.98 Å². The number of nitrogens with zero attached hydrogens (tertiary/aromatic N) is 1. The third kappa shape index (κ3) is 3.54. The number of ether oxygens (including phenoxy) is 2. The van der Waals surface area contributed by atoms with Crippen molar-refractivity contribution in [3.63, 3.8) is 0 Å². The molecule has 128 valence electrons. The van der Waals surface area contributed by atoms with Gasteiger partial charge in [0.2, 0.25) is 0 Å². The number of fused-ring (bicyclic) bond motifs is 3. The number of nitrogens with two attached hydrogens (primary N) is 1. The maximum absolute atomic E-state index is 6.33. The van der Waals surface area contributed by atoms with Gasteiger partial charge in [0, 0.05) is 22.9 Å². The van der Waals surface area contributed by atoms with E-state index < -0.39 is 0 Å². The maximum Gasteiger partial charge on any atom is 0.148 e. The molecule has 1 aliphatic heterocycles. The van der Waals surface area contributed by atoms with Gasteiger partial charge in [0.15, 0.2) is 0 Å². The summed E-state index contributed by atoms with van der Waals surface area (Å²) in [7, 11) is 0. The molecular weight excluding hydrogens is 300 g/mol. The Hall–Kier alpha value is -2.07. The van der Waals surface area contributed by atoms with Crippen LogP contribution < -0.4 is 15.2 Å². The Morgan fingerprint density at radius 2 is 2.08 bits per heavy atom. The van der Waals surface area contributed by atoms with Gasteiger partial charge in [-0.05, 0) is 49.9 Å². The summed E-state index contributed by atoms with van der Waals surface area (Å²) in [6.45, 7) is 9.41. The third-order valence-electron chi connectivity index (χ3n) is 4.26. The van der Waals surface area contributed by atoms with E-state index >= 15 is 0 Å². The number of hydrogen-bond acceptors (Lipinski definition) is 4. The van der Waals surface area contributed by atoms with Crippen LogP contribution in [0.2, 0.25) is 0 Å². The molecule has 1 aliphatic rings. The lowest BCUT2D eigenvalue weighted by Gasteiger charge is -2.27. The Labute approximate surface area is 144 Å². The van der Waals surface area contributed by atoms with Gasteiger partial charge < -0.3 is 15.2 Å². The molecule has 0 saturated heterocycles. The largest absolute Gasteiger partial charge is 0.492 e. The first-order valence-electron chi connectivity index (χ1n) is 8.49. The summed E-state index contributed by atoms with van der Waals surface area (Å²) in [5, 5.41) is 0. The van der Waals surface area contributed by atoms with Gasteiger partial charge in [-0.25, -0.2) is 0 Å². The van der Waals surface area contributed by atoms with Crippen molar-refractivity contribution < 1.29 is 9.47 Å². The van der Waals surface area contributed by atoms with E-state index in [1.165, 1.54) is 5.56 Å². The molecule has 0 spiro atoms. The van der Waals surface area contributed by atoms with E-state index in [0.717, 1.165) is 34.7 Å². The van der Waals surface area contributed by atoms with Crippen molar-refractivity contribution in [2.24, 2.45) is 11.7 Å². The number of pyridine rings is 1. The Morgan fingerprint density at radius 3 is 2.83 bits per heavy atom. The topological polar surface area (TPSA) is 57.4 Å². The van der Waals surface area contributed by atoms with Crippen LogP contribution in [0.3, 0.4) is 0 Å². The molecule has 0 fully saturated rings. The van der Waals surface area contributed by atoms with Crippen LogP contribution in [0.4, 0.5) is 0 Å². The van der Waals surface area contributed by atoms with Gasteiger partial charge in [0.25, 0.3) is 0 Å². The minimum Gasteiger partial charge on any atom is -0.492 e. The van der Waals surface area contributed by atoms with Crippen molar-refractivity contribution in [3.05, 3.63) is 41.7 Å². The molecule has 1 aromatic heterocycles. The van der Waals surface area contributed by atoms with Gasteiger partial charge in [-0.3, -0.25) is 4.98 Å². The van der Waals surface area contributed by atoms with Crippen molar-refractivity contribution >= 4 is 0 Å². The standard InChI is InChI=1S/C20H26N2O2/c1-13(2)10-20(4,21)12-24-16-5-6-17-15(9-16)11-23-19-14(3)22-8-7-18(17)19/h5-9,13H,10-12,21H2,1-4H3. The van der Waals surface area contributed by atoms with E-state index in [2.05, 4.69) is 31.0 Å². The van der Waals surface area contributed by atoms with Gasteiger partial charge in [0.1, 0.15) is 24.7 Å². The second kappa shape index (κ2) is 6.44. The van der Waals surface area contributed by atoms with Gasteiger partial charge >= 0.3 is 0 Å². The molecule has 0 aliphatic carbocycles. The van der Waals surface area contributed by atoms with Gasteiger partial charge in [-0.15, -0.1) is 0 Å². The summed E-state index contributed by atoms with van der Waals surface area (Å²) in [4.78, 5) is 4.30. The first kappa shape index (κ1) is 16.8. The van der Waals surface area contributed by atoms with E-state index in [0.29, 0.717) is 19.1 Å². The van der Waals surface area contributed by atoms with Crippen LogP contribution in [0.15, 0.2) is 30.5 Å². The van der Waals surface area contributed by atoms with Crippen LogP contribution in [-0.2, 0) is 6.61 Å². The summed E-state index contributed by atoms with van der Waals surface area (Å²) in [6, 6.07) is 8.16. The molecule has 24 heavy (non-hydrogen) atoms. The van der Waals surface area contributed by atoms with Crippen LogP contribution >= 0.6 is 0 Å². The molecule has 3 rings (SSSR count). The summed E-state index contributed by atoms with van der Waals surface area (Å²) in [6.07, 6.45) is 2.75. The molecule has 0 bridgehead atoms. The lowest BCUT2D eigenvalue weighted by Crippen LogP contribution is -2.43. The molecule has 2 heterocycles. The number of aromatic nitrogens is 1. The molecule has 0 radical (unpaired) electrons. The molecule has 2 aromatic rings. The second-order valence-electron chi connectivity index (χ2n) is 7.42. The molecule has 1 unspecified atom stereocenters. The monoisotopic (exact) mass is 326 g/mol. The van der Waals surface area contributed by atoms with E-state index in [1.54, 1.807) is 0 Å². The van der Waals surface area contributed by atoms with E-state index in [1.807, 2.05) is 32.2 Å². The van der Waals surface area contributed by atoms with Crippen LogP contribution in [0, 0.1) is 12.8 Å². The van der Waals surface area contributed by atoms with E-state index in [9.17, 15) is 0 Å². The highest BCUT2D eigenvalue weighted by Crippen LogP contribution is 2.39. The fourth-order valence-electron chi connectivity index (χ4n) is 3.38. The molecule has 1 atom stereocenters. The zero-order chi connectivity index (χ0) is 17.3. The molecular formula is C20H26N2O2. The minimum atomic E-state index is -0.323. The Morgan fingerprint density at radius 1 is 1.29 bits per heavy atom. The SMILES string of the molecule is Cc1nccc2c1OCc1cc(OCC(C)(N)CC(C)C)ccc1-2. The summed E-state index contributed by atoms with van der Waals surface area (Å²) >= 11 is 0. The zero-order valence-electron chi connectivity index (χ0n) is 14.9. The summed E-state index contributed by atoms with van der Waals surface area (Å²) < 4.78 is 11.8. The number of hydrogen-bond donors (Lipinski definition) is 1. The van der Waals surface area contributed by atoms with Crippen LogP contribution in [-0.4, -0.2) is 17.1 Å². The molecule has 2 N–H and O–H groups in total. The number of rotatable bonds is 5. The normalized spacial score (nSPS) is 15.2. The van der Waals surface area contributed by atoms with Gasteiger partial charge in [0.05, 0.1) is 5.69 Å². The third-order valence-corrected chi connectivity index (χ3v) is 4.26. The number of aryl methyl sites for hydroxylation is 1. The predicted molar refractivity (Wildman–Crippen MR) is 96.3 cm³/mol. The van der Waals surface area contributed by atoms with Crippen molar-refractivity contribution in [1.29, 1.82) is 0 Å². The summed E-state index contributed by atoms with van der Waals surface area (Å²) in [5.74, 6) is 2.27. The first-order valence-corrected chi connectivity index (χ1v) is 8.49. The first-order chi connectivity index (χ1) is 11.4. The lowest BCUT2D eigenvalue weighted by molar-refractivity contribution is 0.206. The second-order valence-corrected chi connectivity index (χ2v) is 7.42. The molecule has 1 aromatic carbocycles. The van der Waals surface area contributed by atoms with Gasteiger partial charge in [-0.2, -0.15) is 0 Å².